The fourth-order valence-electron chi connectivity index (χ4n) is 3.71. The van der Waals surface area contributed by atoms with E-state index in [2.05, 4.69) is 5.32 Å². The molecule has 0 aliphatic carbocycles. The molecule has 0 spiro atoms. The molecule has 0 aromatic heterocycles. The van der Waals surface area contributed by atoms with Crippen LogP contribution in [0.3, 0.4) is 0 Å². The van der Waals surface area contributed by atoms with E-state index < -0.39 is 46.1 Å². The maximum Gasteiger partial charge on any atom is 0.339 e. The van der Waals surface area contributed by atoms with E-state index in [0.29, 0.717) is 0 Å². The number of para-hydroxylation sites is 1. The largest absolute Gasteiger partial charge is 0.507 e. The van der Waals surface area contributed by atoms with E-state index in [1.165, 1.54) is 36.4 Å². The van der Waals surface area contributed by atoms with Crippen molar-refractivity contribution in [2.24, 2.45) is 5.92 Å². The van der Waals surface area contributed by atoms with Crippen LogP contribution in [0.25, 0.3) is 0 Å². The smallest absolute Gasteiger partial charge is 0.339 e. The number of cyclic esters (lactones) is 1. The number of hydrogen-bond donors (Lipinski definition) is 2. The van der Waals surface area contributed by atoms with E-state index in [1.54, 1.807) is 12.1 Å². The Balaban J connectivity index is 1.71. The quantitative estimate of drug-likeness (QED) is 0.125. The standard InChI is InChI=1S/C24H15ClN2O8/c25-16-11-12(27(33)34)9-10-17(16)26-23(31)21(30)19(20(29)15-7-3-4-8-18(15)28)22-13-5-1-2-6-14(13)24(32)35-22/h1-11,19,22,28H,(H,26,31). The molecule has 1 amide bonds. The number of non-ortho nitro benzene ring substituents is 1. The van der Waals surface area contributed by atoms with Crippen molar-refractivity contribution in [2.75, 3.05) is 5.32 Å². The minimum atomic E-state index is -1.83. The topological polar surface area (TPSA) is 153 Å². The molecule has 1 aliphatic heterocycles. The SMILES string of the molecule is O=C(Nc1ccc([N+](=O)[O-])cc1Cl)C(=O)C(C(=O)c1ccccc1O)C1OC(=O)c2ccccc21. The van der Waals surface area contributed by atoms with Gasteiger partial charge in [0.1, 0.15) is 17.8 Å². The number of carbonyl (C=O) groups is 4. The molecule has 2 unspecified atom stereocenters. The van der Waals surface area contributed by atoms with Crippen molar-refractivity contribution in [3.63, 3.8) is 0 Å². The van der Waals surface area contributed by atoms with E-state index in [4.69, 9.17) is 16.3 Å². The van der Waals surface area contributed by atoms with Gasteiger partial charge in [0.25, 0.3) is 11.6 Å². The van der Waals surface area contributed by atoms with Gasteiger partial charge in [-0.3, -0.25) is 24.5 Å². The molecule has 2 N–H and O–H groups in total. The molecule has 0 saturated carbocycles. The number of ether oxygens (including phenoxy) is 1. The summed E-state index contributed by atoms with van der Waals surface area (Å²) in [5.74, 6) is -6.49. The molecule has 3 aromatic rings. The molecule has 0 fully saturated rings. The second kappa shape index (κ2) is 9.35. The number of amides is 1. The number of nitro benzene ring substituents is 1. The zero-order valence-corrected chi connectivity index (χ0v) is 18.4. The van der Waals surface area contributed by atoms with Gasteiger partial charge in [-0.25, -0.2) is 4.79 Å². The highest BCUT2D eigenvalue weighted by Gasteiger charge is 2.46. The van der Waals surface area contributed by atoms with E-state index in [1.807, 2.05) is 0 Å². The Labute approximate surface area is 202 Å². The van der Waals surface area contributed by atoms with Crippen molar-refractivity contribution in [1.82, 2.24) is 0 Å². The number of phenolic OH excluding ortho intramolecular Hbond substituents is 1. The number of phenols is 1. The van der Waals surface area contributed by atoms with Crippen LogP contribution in [0.15, 0.2) is 66.7 Å². The maximum atomic E-state index is 13.4. The molecular weight excluding hydrogens is 480 g/mol. The Morgan fingerprint density at radius 2 is 1.74 bits per heavy atom. The number of nitrogens with zero attached hydrogens (tertiary/aromatic N) is 1. The summed E-state index contributed by atoms with van der Waals surface area (Å²) >= 11 is 5.99. The van der Waals surface area contributed by atoms with Crippen molar-refractivity contribution < 1.29 is 33.9 Å². The van der Waals surface area contributed by atoms with Crippen LogP contribution >= 0.6 is 11.6 Å². The predicted octanol–water partition coefficient (Wildman–Crippen LogP) is 3.87. The van der Waals surface area contributed by atoms with Crippen LogP contribution in [0.2, 0.25) is 5.02 Å². The van der Waals surface area contributed by atoms with Gasteiger partial charge in [-0.1, -0.05) is 41.9 Å². The lowest BCUT2D eigenvalue weighted by atomic mass is 9.84. The molecule has 0 saturated heterocycles. The lowest BCUT2D eigenvalue weighted by molar-refractivity contribution is -0.384. The molecule has 1 aliphatic rings. The fraction of sp³-hybridized carbons (Fsp3) is 0.0833. The number of fused-ring (bicyclic) bond motifs is 1. The average molecular weight is 495 g/mol. The molecule has 0 radical (unpaired) electrons. The summed E-state index contributed by atoms with van der Waals surface area (Å²) < 4.78 is 5.32. The lowest BCUT2D eigenvalue weighted by Crippen LogP contribution is -2.38. The number of aromatic hydroxyl groups is 1. The van der Waals surface area contributed by atoms with Crippen LogP contribution in [0.4, 0.5) is 11.4 Å². The van der Waals surface area contributed by atoms with Gasteiger partial charge in [0.2, 0.25) is 5.78 Å². The molecular formula is C24H15ClN2O8. The van der Waals surface area contributed by atoms with Gasteiger partial charge < -0.3 is 15.2 Å². The van der Waals surface area contributed by atoms with E-state index in [-0.39, 0.29) is 33.1 Å². The number of nitrogens with one attached hydrogen (secondary N) is 1. The molecule has 3 aromatic carbocycles. The van der Waals surface area contributed by atoms with Gasteiger partial charge >= 0.3 is 5.97 Å². The van der Waals surface area contributed by atoms with Crippen LogP contribution in [-0.4, -0.2) is 33.5 Å². The highest BCUT2D eigenvalue weighted by Crippen LogP contribution is 2.39. The minimum Gasteiger partial charge on any atom is -0.507 e. The highest BCUT2D eigenvalue weighted by atomic mass is 35.5. The first kappa shape index (κ1) is 23.6. The van der Waals surface area contributed by atoms with Crippen LogP contribution in [0.1, 0.15) is 32.4 Å². The lowest BCUT2D eigenvalue weighted by Gasteiger charge is -2.21. The molecule has 35 heavy (non-hydrogen) atoms. The number of anilines is 1. The van der Waals surface area contributed by atoms with Gasteiger partial charge in [0, 0.05) is 17.7 Å². The van der Waals surface area contributed by atoms with E-state index in [0.717, 1.165) is 18.2 Å². The summed E-state index contributed by atoms with van der Waals surface area (Å²) in [7, 11) is 0. The summed E-state index contributed by atoms with van der Waals surface area (Å²) in [6, 6.07) is 14.7. The van der Waals surface area contributed by atoms with Crippen molar-refractivity contribution in [2.45, 2.75) is 6.10 Å². The van der Waals surface area contributed by atoms with Gasteiger partial charge in [0.15, 0.2) is 5.78 Å². The summed E-state index contributed by atoms with van der Waals surface area (Å²) in [5, 5.41) is 23.1. The number of benzene rings is 3. The first-order valence-electron chi connectivity index (χ1n) is 10.1. The number of halogens is 1. The Bertz CT molecular complexity index is 1400. The van der Waals surface area contributed by atoms with Crippen LogP contribution in [0.5, 0.6) is 5.75 Å². The van der Waals surface area contributed by atoms with Crippen LogP contribution in [-0.2, 0) is 14.3 Å². The predicted molar refractivity (Wildman–Crippen MR) is 122 cm³/mol. The number of hydrogen-bond acceptors (Lipinski definition) is 8. The number of Topliss-reactive ketones (excluding diaryl/α,β-unsaturated/α-hetero) is 2. The van der Waals surface area contributed by atoms with Gasteiger partial charge in [-0.15, -0.1) is 0 Å². The number of esters is 1. The second-order valence-corrected chi connectivity index (χ2v) is 7.92. The number of nitro groups is 1. The van der Waals surface area contributed by atoms with E-state index >= 15 is 0 Å². The molecule has 11 heteroatoms. The molecule has 1 heterocycles. The van der Waals surface area contributed by atoms with Gasteiger partial charge in [-0.2, -0.15) is 0 Å². The van der Waals surface area contributed by atoms with Gasteiger partial charge in [-0.05, 0) is 24.3 Å². The van der Waals surface area contributed by atoms with Crippen molar-refractivity contribution in [3.05, 3.63) is 98.6 Å². The summed E-state index contributed by atoms with van der Waals surface area (Å²) in [6.07, 6.45) is -1.42. The normalized spacial score (nSPS) is 15.0. The molecule has 2 atom stereocenters. The minimum absolute atomic E-state index is 0.104. The summed E-state index contributed by atoms with van der Waals surface area (Å²) in [4.78, 5) is 62.2. The van der Waals surface area contributed by atoms with Gasteiger partial charge in [0.05, 0.1) is 26.8 Å². The molecule has 176 valence electrons. The fourth-order valence-corrected chi connectivity index (χ4v) is 3.93. The Morgan fingerprint density at radius 3 is 2.43 bits per heavy atom. The van der Waals surface area contributed by atoms with Crippen molar-refractivity contribution in [1.29, 1.82) is 0 Å². The second-order valence-electron chi connectivity index (χ2n) is 7.51. The zero-order chi connectivity index (χ0) is 25.3. The van der Waals surface area contributed by atoms with Crippen molar-refractivity contribution >= 4 is 46.4 Å². The monoisotopic (exact) mass is 494 g/mol. The highest BCUT2D eigenvalue weighted by molar-refractivity contribution is 6.46. The van der Waals surface area contributed by atoms with Crippen LogP contribution < -0.4 is 5.32 Å². The maximum absolute atomic E-state index is 13.4. The average Bonchev–Trinajstić information content (AvgIpc) is 3.16. The first-order valence-corrected chi connectivity index (χ1v) is 10.5. The van der Waals surface area contributed by atoms with Crippen molar-refractivity contribution in [3.8, 4) is 5.75 Å². The Morgan fingerprint density at radius 1 is 1.06 bits per heavy atom. The number of carbonyl (C=O) groups excluding carboxylic acids is 4. The Kier molecular flexibility index (Phi) is 6.30. The third-order valence-electron chi connectivity index (χ3n) is 5.39. The number of ketones is 2. The summed E-state index contributed by atoms with van der Waals surface area (Å²) in [6.45, 7) is 0. The zero-order valence-electron chi connectivity index (χ0n) is 17.6. The third-order valence-corrected chi connectivity index (χ3v) is 5.71. The molecule has 10 nitrogen and oxygen atoms in total. The molecule has 0 bridgehead atoms. The van der Waals surface area contributed by atoms with E-state index in [9.17, 15) is 34.4 Å². The molecule has 4 rings (SSSR count). The summed E-state index contributed by atoms with van der Waals surface area (Å²) in [5.41, 5.74) is -0.304. The third kappa shape index (κ3) is 4.46. The number of rotatable bonds is 7. The Hall–Kier alpha value is -4.57. The van der Waals surface area contributed by atoms with Crippen LogP contribution in [0, 0.1) is 16.0 Å². The first-order chi connectivity index (χ1) is 16.7.